The Morgan fingerprint density at radius 3 is 2.64 bits per heavy atom. The molecular formula is C19H21ClN4O4. The molecule has 8 nitrogen and oxygen atoms in total. The van der Waals surface area contributed by atoms with Crippen LogP contribution in [0.1, 0.15) is 19.3 Å². The van der Waals surface area contributed by atoms with E-state index in [1.165, 1.54) is 11.1 Å². The van der Waals surface area contributed by atoms with Gasteiger partial charge in [0.25, 0.3) is 0 Å². The van der Waals surface area contributed by atoms with E-state index in [9.17, 15) is 9.59 Å². The Hall–Kier alpha value is -3.00. The summed E-state index contributed by atoms with van der Waals surface area (Å²) in [5.41, 5.74) is 6.15. The fourth-order valence-electron chi connectivity index (χ4n) is 3.03. The molecule has 9 heteroatoms. The molecule has 4 N–H and O–H groups in total. The second-order valence-electron chi connectivity index (χ2n) is 6.63. The molecule has 1 aromatic heterocycles. The van der Waals surface area contributed by atoms with Gasteiger partial charge < -0.3 is 25.8 Å². The molecular weight excluding hydrogens is 384 g/mol. The minimum atomic E-state index is -0.911. The molecule has 3 rings (SSSR count). The summed E-state index contributed by atoms with van der Waals surface area (Å²) in [5.74, 6) is 1.40. The molecule has 0 unspecified atom stereocenters. The maximum absolute atomic E-state index is 12.3. The van der Waals surface area contributed by atoms with Gasteiger partial charge in [-0.1, -0.05) is 11.6 Å². The fraction of sp³-hybridized carbons (Fsp3) is 0.316. The second kappa shape index (κ2) is 8.79. The second-order valence-corrected chi connectivity index (χ2v) is 7.03. The van der Waals surface area contributed by atoms with Crippen molar-refractivity contribution in [1.82, 2.24) is 9.88 Å². The number of nitrogen functional groups attached to an aromatic ring is 1. The quantitative estimate of drug-likeness (QED) is 0.652. The molecule has 1 aliphatic rings. The summed E-state index contributed by atoms with van der Waals surface area (Å²) in [6, 6.07) is 8.25. The van der Waals surface area contributed by atoms with Crippen LogP contribution in [0.25, 0.3) is 0 Å². The first-order chi connectivity index (χ1) is 13.4. The number of carboxylic acid groups (broad SMARTS) is 1. The maximum atomic E-state index is 12.3. The highest BCUT2D eigenvalue weighted by Gasteiger charge is 2.24. The van der Waals surface area contributed by atoms with Crippen LogP contribution >= 0.6 is 11.6 Å². The highest BCUT2D eigenvalue weighted by atomic mass is 35.5. The molecule has 0 radical (unpaired) electrons. The normalized spacial score (nSPS) is 14.5. The van der Waals surface area contributed by atoms with Crippen molar-refractivity contribution in [3.8, 4) is 11.5 Å². The number of likely N-dealkylation sites (tertiary alicyclic amines) is 1. The molecule has 28 heavy (non-hydrogen) atoms. The Balaban J connectivity index is 1.54. The molecule has 2 heterocycles. The molecule has 0 atom stereocenters. The summed E-state index contributed by atoms with van der Waals surface area (Å²) in [4.78, 5) is 28.7. The van der Waals surface area contributed by atoms with E-state index in [2.05, 4.69) is 10.3 Å². The van der Waals surface area contributed by atoms with E-state index in [4.69, 9.17) is 27.2 Å². The zero-order valence-electron chi connectivity index (χ0n) is 15.1. The van der Waals surface area contributed by atoms with Crippen LogP contribution in [0.4, 0.5) is 16.3 Å². The Morgan fingerprint density at radius 2 is 1.96 bits per heavy atom. The number of carbonyl (C=O) groups excluding carboxylic acids is 1. The molecule has 0 saturated carbocycles. The Morgan fingerprint density at radius 1 is 1.25 bits per heavy atom. The van der Waals surface area contributed by atoms with Crippen molar-refractivity contribution in [2.75, 3.05) is 24.1 Å². The zero-order chi connectivity index (χ0) is 20.1. The number of nitrogens with two attached hydrogens (primary N) is 1. The summed E-state index contributed by atoms with van der Waals surface area (Å²) in [7, 11) is 0. The fourth-order valence-corrected chi connectivity index (χ4v) is 3.21. The van der Waals surface area contributed by atoms with E-state index in [0.717, 1.165) is 0 Å². The minimum Gasteiger partial charge on any atom is -0.465 e. The zero-order valence-corrected chi connectivity index (χ0v) is 15.9. The number of carbonyl (C=O) groups is 2. The predicted octanol–water partition coefficient (Wildman–Crippen LogP) is 3.83. The van der Waals surface area contributed by atoms with Crippen LogP contribution in [0.3, 0.4) is 0 Å². The van der Waals surface area contributed by atoms with Gasteiger partial charge in [-0.3, -0.25) is 4.79 Å². The number of hydrogen-bond donors (Lipinski definition) is 3. The van der Waals surface area contributed by atoms with Gasteiger partial charge in [0.2, 0.25) is 5.91 Å². The van der Waals surface area contributed by atoms with Crippen molar-refractivity contribution >= 4 is 35.1 Å². The molecule has 1 aliphatic heterocycles. The van der Waals surface area contributed by atoms with E-state index >= 15 is 0 Å². The van der Waals surface area contributed by atoms with Gasteiger partial charge in [-0.05, 0) is 37.0 Å². The predicted molar refractivity (Wildman–Crippen MR) is 106 cm³/mol. The van der Waals surface area contributed by atoms with Crippen LogP contribution in [-0.2, 0) is 4.79 Å². The van der Waals surface area contributed by atoms with Crippen molar-refractivity contribution in [2.45, 2.75) is 19.3 Å². The number of aromatic nitrogens is 1. The van der Waals surface area contributed by atoms with Crippen LogP contribution in [0.5, 0.6) is 11.5 Å². The molecule has 148 valence electrons. The Bertz CT molecular complexity index is 869. The number of nitrogens with one attached hydrogen (secondary N) is 1. The number of piperidine rings is 1. The maximum Gasteiger partial charge on any atom is 0.407 e. The number of pyridine rings is 1. The summed E-state index contributed by atoms with van der Waals surface area (Å²) in [6.07, 6.45) is 2.30. The molecule has 1 saturated heterocycles. The summed E-state index contributed by atoms with van der Waals surface area (Å²) >= 11 is 5.99. The van der Waals surface area contributed by atoms with Crippen molar-refractivity contribution in [3.63, 3.8) is 0 Å². The molecule has 1 aromatic carbocycles. The lowest BCUT2D eigenvalue weighted by atomic mass is 9.93. The standard InChI is InChI=1S/C19H21ClN4O4/c20-15-10-13(1-2-16(15)21)28-14-3-6-22-17(11-14)23-18(25)9-12-4-7-24(8-5-12)19(26)27/h1-3,6,10-12H,4-5,7-9,21H2,(H,26,27)(H,22,23,25). The highest BCUT2D eigenvalue weighted by Crippen LogP contribution is 2.29. The van der Waals surface area contributed by atoms with Gasteiger partial charge in [0.05, 0.1) is 10.7 Å². The largest absolute Gasteiger partial charge is 0.465 e. The summed E-state index contributed by atoms with van der Waals surface area (Å²) < 4.78 is 5.73. The molecule has 0 spiro atoms. The number of ether oxygens (including phenoxy) is 1. The molecule has 2 amide bonds. The number of benzene rings is 1. The Kier molecular flexibility index (Phi) is 6.20. The summed E-state index contributed by atoms with van der Waals surface area (Å²) in [6.45, 7) is 0.915. The first-order valence-corrected chi connectivity index (χ1v) is 9.25. The number of nitrogens with zero attached hydrogens (tertiary/aromatic N) is 2. The third kappa shape index (κ3) is 5.26. The Labute approximate surface area is 167 Å². The lowest BCUT2D eigenvalue weighted by Crippen LogP contribution is -2.38. The lowest BCUT2D eigenvalue weighted by molar-refractivity contribution is -0.117. The number of halogens is 1. The van der Waals surface area contributed by atoms with E-state index in [0.29, 0.717) is 60.4 Å². The smallest absolute Gasteiger partial charge is 0.407 e. The lowest BCUT2D eigenvalue weighted by Gasteiger charge is -2.29. The number of anilines is 2. The van der Waals surface area contributed by atoms with Gasteiger partial charge in [0.15, 0.2) is 0 Å². The van der Waals surface area contributed by atoms with Crippen LogP contribution in [0.2, 0.25) is 5.02 Å². The van der Waals surface area contributed by atoms with Crippen LogP contribution in [0.15, 0.2) is 36.5 Å². The molecule has 2 aromatic rings. The SMILES string of the molecule is Nc1ccc(Oc2ccnc(NC(=O)CC3CCN(C(=O)O)CC3)c2)cc1Cl. The number of rotatable bonds is 5. The summed E-state index contributed by atoms with van der Waals surface area (Å²) in [5, 5.41) is 12.1. The molecule has 1 fully saturated rings. The van der Waals surface area contributed by atoms with E-state index in [1.807, 2.05) is 0 Å². The van der Waals surface area contributed by atoms with Gasteiger partial charge in [-0.15, -0.1) is 0 Å². The number of hydrogen-bond acceptors (Lipinski definition) is 5. The average molecular weight is 405 g/mol. The van der Waals surface area contributed by atoms with Crippen molar-refractivity contribution in [3.05, 3.63) is 41.6 Å². The van der Waals surface area contributed by atoms with E-state index in [-0.39, 0.29) is 11.8 Å². The van der Waals surface area contributed by atoms with Crippen molar-refractivity contribution in [1.29, 1.82) is 0 Å². The first kappa shape index (κ1) is 19.8. The van der Waals surface area contributed by atoms with Crippen molar-refractivity contribution < 1.29 is 19.4 Å². The average Bonchev–Trinajstić information content (AvgIpc) is 2.65. The van der Waals surface area contributed by atoms with Gasteiger partial charge in [-0.25, -0.2) is 9.78 Å². The monoisotopic (exact) mass is 404 g/mol. The number of amides is 2. The van der Waals surface area contributed by atoms with Gasteiger partial charge in [0.1, 0.15) is 17.3 Å². The first-order valence-electron chi connectivity index (χ1n) is 8.87. The topological polar surface area (TPSA) is 118 Å². The third-order valence-corrected chi connectivity index (χ3v) is 4.89. The molecule has 0 bridgehead atoms. The van der Waals surface area contributed by atoms with Gasteiger partial charge in [-0.2, -0.15) is 0 Å². The van der Waals surface area contributed by atoms with Crippen LogP contribution < -0.4 is 15.8 Å². The van der Waals surface area contributed by atoms with Crippen LogP contribution in [0, 0.1) is 5.92 Å². The van der Waals surface area contributed by atoms with Gasteiger partial charge in [0, 0.05) is 37.8 Å². The highest BCUT2D eigenvalue weighted by molar-refractivity contribution is 6.33. The third-order valence-electron chi connectivity index (χ3n) is 4.57. The van der Waals surface area contributed by atoms with E-state index in [1.54, 1.807) is 30.3 Å². The van der Waals surface area contributed by atoms with Crippen LogP contribution in [-0.4, -0.2) is 40.1 Å². The minimum absolute atomic E-state index is 0.158. The van der Waals surface area contributed by atoms with E-state index < -0.39 is 6.09 Å². The van der Waals surface area contributed by atoms with Gasteiger partial charge >= 0.3 is 6.09 Å². The molecule has 0 aliphatic carbocycles. The van der Waals surface area contributed by atoms with Crippen molar-refractivity contribution in [2.24, 2.45) is 5.92 Å².